The molecule has 0 unspecified atom stereocenters. The van der Waals surface area contributed by atoms with E-state index in [9.17, 15) is 4.79 Å². The summed E-state index contributed by atoms with van der Waals surface area (Å²) in [6.45, 7) is 1.06. The summed E-state index contributed by atoms with van der Waals surface area (Å²) in [7, 11) is 0. The number of amides is 1. The summed E-state index contributed by atoms with van der Waals surface area (Å²) in [5, 5.41) is 7.89. The van der Waals surface area contributed by atoms with Gasteiger partial charge in [0.05, 0.1) is 22.7 Å². The van der Waals surface area contributed by atoms with Crippen LogP contribution in [-0.4, -0.2) is 30.4 Å². The first-order chi connectivity index (χ1) is 12.7. The number of anilines is 1. The van der Waals surface area contributed by atoms with Gasteiger partial charge in [-0.3, -0.25) is 4.79 Å². The molecule has 0 spiro atoms. The van der Waals surface area contributed by atoms with Crippen molar-refractivity contribution < 1.29 is 14.3 Å². The highest BCUT2D eigenvalue weighted by atomic mass is 32.2. The SMILES string of the molecule is CSc1cc2c(cc1NC(=O)Cc1csc(-c3cccs3)n1)OCCO2. The van der Waals surface area contributed by atoms with Gasteiger partial charge < -0.3 is 14.8 Å². The number of nitrogens with one attached hydrogen (secondary N) is 1. The Balaban J connectivity index is 1.48. The van der Waals surface area contributed by atoms with Crippen LogP contribution in [0.4, 0.5) is 5.69 Å². The molecule has 0 aliphatic carbocycles. The lowest BCUT2D eigenvalue weighted by Crippen LogP contribution is -2.18. The molecule has 0 radical (unpaired) electrons. The van der Waals surface area contributed by atoms with E-state index in [4.69, 9.17) is 9.47 Å². The molecule has 0 atom stereocenters. The second-order valence-electron chi connectivity index (χ2n) is 5.54. The first kappa shape index (κ1) is 17.4. The molecule has 4 rings (SSSR count). The van der Waals surface area contributed by atoms with Crippen LogP contribution in [0.2, 0.25) is 0 Å². The number of hydrogen-bond acceptors (Lipinski definition) is 7. The number of carbonyl (C=O) groups is 1. The predicted molar refractivity (Wildman–Crippen MR) is 107 cm³/mol. The molecule has 1 aliphatic rings. The van der Waals surface area contributed by atoms with E-state index in [2.05, 4.69) is 10.3 Å². The number of thioether (sulfide) groups is 1. The number of ether oxygens (including phenoxy) is 2. The van der Waals surface area contributed by atoms with Gasteiger partial charge in [0.15, 0.2) is 11.5 Å². The molecule has 2 aromatic heterocycles. The highest BCUT2D eigenvalue weighted by molar-refractivity contribution is 7.98. The molecule has 8 heteroatoms. The zero-order valence-corrected chi connectivity index (χ0v) is 16.4. The number of carbonyl (C=O) groups excluding carboxylic acids is 1. The Hall–Kier alpha value is -2.03. The lowest BCUT2D eigenvalue weighted by Gasteiger charge is -2.20. The summed E-state index contributed by atoms with van der Waals surface area (Å²) in [6, 6.07) is 7.77. The first-order valence-electron chi connectivity index (χ1n) is 7.98. The zero-order chi connectivity index (χ0) is 17.9. The number of thiazole rings is 1. The third-order valence-corrected chi connectivity index (χ3v) is 6.47. The van der Waals surface area contributed by atoms with Crippen molar-refractivity contribution in [3.8, 4) is 21.4 Å². The highest BCUT2D eigenvalue weighted by Gasteiger charge is 2.17. The molecule has 0 saturated carbocycles. The Morgan fingerprint density at radius 1 is 1.27 bits per heavy atom. The lowest BCUT2D eigenvalue weighted by molar-refractivity contribution is -0.115. The second-order valence-corrected chi connectivity index (χ2v) is 8.20. The van der Waals surface area contributed by atoms with Gasteiger partial charge in [-0.15, -0.1) is 34.4 Å². The summed E-state index contributed by atoms with van der Waals surface area (Å²) in [6.07, 6.45) is 2.21. The van der Waals surface area contributed by atoms with Gasteiger partial charge in [0.2, 0.25) is 5.91 Å². The van der Waals surface area contributed by atoms with Crippen molar-refractivity contribution in [1.29, 1.82) is 0 Å². The Kier molecular flexibility index (Phi) is 5.14. The van der Waals surface area contributed by atoms with Crippen LogP contribution in [0, 0.1) is 0 Å². The molecular formula is C18H16N2O3S3. The summed E-state index contributed by atoms with van der Waals surface area (Å²) in [5.74, 6) is 1.29. The van der Waals surface area contributed by atoms with Gasteiger partial charge in [0.25, 0.3) is 0 Å². The van der Waals surface area contributed by atoms with Crippen molar-refractivity contribution in [2.75, 3.05) is 24.8 Å². The molecule has 0 saturated heterocycles. The minimum absolute atomic E-state index is 0.0972. The number of aromatic nitrogens is 1. The molecule has 1 N–H and O–H groups in total. The van der Waals surface area contributed by atoms with Crippen molar-refractivity contribution in [1.82, 2.24) is 4.98 Å². The number of thiophene rings is 1. The van der Waals surface area contributed by atoms with Crippen molar-refractivity contribution in [3.05, 3.63) is 40.7 Å². The molecule has 1 aromatic carbocycles. The third-order valence-electron chi connectivity index (χ3n) is 3.76. The van der Waals surface area contributed by atoms with Crippen LogP contribution in [0.15, 0.2) is 39.9 Å². The summed E-state index contributed by atoms with van der Waals surface area (Å²) >= 11 is 4.76. The van der Waals surface area contributed by atoms with E-state index in [1.165, 1.54) is 0 Å². The van der Waals surface area contributed by atoms with E-state index in [1.807, 2.05) is 41.3 Å². The Bertz CT molecular complexity index is 922. The summed E-state index contributed by atoms with van der Waals surface area (Å²) in [5.41, 5.74) is 1.51. The first-order valence-corrected chi connectivity index (χ1v) is 11.0. The fourth-order valence-corrected chi connectivity index (χ4v) is 4.79. The zero-order valence-electron chi connectivity index (χ0n) is 14.0. The summed E-state index contributed by atoms with van der Waals surface area (Å²) < 4.78 is 11.2. The third kappa shape index (κ3) is 3.72. The maximum Gasteiger partial charge on any atom is 0.230 e. The molecule has 3 aromatic rings. The normalized spacial score (nSPS) is 12.8. The smallest absolute Gasteiger partial charge is 0.230 e. The van der Waals surface area contributed by atoms with Crippen molar-refractivity contribution in [2.24, 2.45) is 0 Å². The van der Waals surface area contributed by atoms with Gasteiger partial charge in [-0.2, -0.15) is 0 Å². The second kappa shape index (κ2) is 7.69. The van der Waals surface area contributed by atoms with Crippen molar-refractivity contribution in [2.45, 2.75) is 11.3 Å². The van der Waals surface area contributed by atoms with Gasteiger partial charge in [-0.25, -0.2) is 4.98 Å². The molecule has 1 amide bonds. The predicted octanol–water partition coefficient (Wildman–Crippen LogP) is 4.55. The van der Waals surface area contributed by atoms with Gasteiger partial charge >= 0.3 is 0 Å². The molecular weight excluding hydrogens is 388 g/mol. The van der Waals surface area contributed by atoms with Gasteiger partial charge in [-0.1, -0.05) is 6.07 Å². The standard InChI is InChI=1S/C18H16N2O3S3/c1-24-16-9-14-13(22-4-5-23-14)8-12(16)20-17(21)7-11-10-26-18(19-11)15-3-2-6-25-15/h2-3,6,8-10H,4-5,7H2,1H3,(H,20,21). The average Bonchev–Trinajstić information content (AvgIpc) is 3.32. The maximum atomic E-state index is 12.5. The Morgan fingerprint density at radius 2 is 2.08 bits per heavy atom. The van der Waals surface area contributed by atoms with Gasteiger partial charge in [0, 0.05) is 16.3 Å². The molecule has 1 aliphatic heterocycles. The largest absolute Gasteiger partial charge is 0.486 e. The Morgan fingerprint density at radius 3 is 2.81 bits per heavy atom. The van der Waals surface area contributed by atoms with Gasteiger partial charge in [0.1, 0.15) is 18.2 Å². The van der Waals surface area contributed by atoms with Crippen LogP contribution in [0.5, 0.6) is 11.5 Å². The lowest BCUT2D eigenvalue weighted by atomic mass is 10.2. The number of hydrogen-bond donors (Lipinski definition) is 1. The van der Waals surface area contributed by atoms with E-state index in [0.717, 1.165) is 31.9 Å². The molecule has 134 valence electrons. The van der Waals surface area contributed by atoms with E-state index < -0.39 is 0 Å². The molecule has 5 nitrogen and oxygen atoms in total. The summed E-state index contributed by atoms with van der Waals surface area (Å²) in [4.78, 5) is 19.1. The molecule has 0 bridgehead atoms. The number of benzene rings is 1. The number of fused-ring (bicyclic) bond motifs is 1. The van der Waals surface area contributed by atoms with Crippen LogP contribution in [0.25, 0.3) is 9.88 Å². The van der Waals surface area contributed by atoms with Crippen LogP contribution < -0.4 is 14.8 Å². The van der Waals surface area contributed by atoms with E-state index >= 15 is 0 Å². The molecule has 3 heterocycles. The monoisotopic (exact) mass is 404 g/mol. The van der Waals surface area contributed by atoms with Crippen molar-refractivity contribution in [3.63, 3.8) is 0 Å². The van der Waals surface area contributed by atoms with Crippen LogP contribution in [0.3, 0.4) is 0 Å². The molecule has 0 fully saturated rings. The van der Waals surface area contributed by atoms with E-state index in [-0.39, 0.29) is 12.3 Å². The van der Waals surface area contributed by atoms with E-state index in [1.54, 1.807) is 34.4 Å². The topological polar surface area (TPSA) is 60.5 Å². The quantitative estimate of drug-likeness (QED) is 0.633. The van der Waals surface area contributed by atoms with Crippen LogP contribution in [-0.2, 0) is 11.2 Å². The fraction of sp³-hybridized carbons (Fsp3) is 0.222. The van der Waals surface area contributed by atoms with Crippen LogP contribution in [0.1, 0.15) is 5.69 Å². The highest BCUT2D eigenvalue weighted by Crippen LogP contribution is 2.39. The Labute approximate surface area is 163 Å². The average molecular weight is 405 g/mol. The fourth-order valence-electron chi connectivity index (χ4n) is 2.60. The minimum atomic E-state index is -0.0972. The number of rotatable bonds is 5. The maximum absolute atomic E-state index is 12.5. The minimum Gasteiger partial charge on any atom is -0.486 e. The van der Waals surface area contributed by atoms with Crippen molar-refractivity contribution >= 4 is 46.0 Å². The van der Waals surface area contributed by atoms with E-state index in [0.29, 0.717) is 19.0 Å². The molecule has 26 heavy (non-hydrogen) atoms. The van der Waals surface area contributed by atoms with Gasteiger partial charge in [-0.05, 0) is 23.8 Å². The van der Waals surface area contributed by atoms with Crippen LogP contribution >= 0.6 is 34.4 Å². The number of nitrogens with zero attached hydrogens (tertiary/aromatic N) is 1.